The standard InChI is InChI=1S/C13H22N2O2/c1-9(2)17-11-6-4-10(5-7-11)13(15-3)12(16)8-14/h4-7,9,12-13,15-16H,8,14H2,1-3H3. The molecule has 0 amide bonds. The molecule has 96 valence electrons. The zero-order chi connectivity index (χ0) is 12.8. The van der Waals surface area contributed by atoms with Crippen molar-refractivity contribution in [3.05, 3.63) is 29.8 Å². The van der Waals surface area contributed by atoms with Crippen LogP contribution in [0, 0.1) is 0 Å². The molecule has 4 nitrogen and oxygen atoms in total. The topological polar surface area (TPSA) is 67.5 Å². The van der Waals surface area contributed by atoms with Crippen LogP contribution in [0.2, 0.25) is 0 Å². The van der Waals surface area contributed by atoms with Crippen molar-refractivity contribution in [3.8, 4) is 5.75 Å². The van der Waals surface area contributed by atoms with Crippen LogP contribution in [0.3, 0.4) is 0 Å². The average molecular weight is 238 g/mol. The minimum Gasteiger partial charge on any atom is -0.491 e. The number of benzene rings is 1. The van der Waals surface area contributed by atoms with Gasteiger partial charge in [0.15, 0.2) is 0 Å². The number of aliphatic hydroxyl groups is 1. The lowest BCUT2D eigenvalue weighted by atomic mass is 10.0. The number of nitrogens with two attached hydrogens (primary N) is 1. The summed E-state index contributed by atoms with van der Waals surface area (Å²) in [5.41, 5.74) is 6.47. The normalized spacial score (nSPS) is 14.7. The fourth-order valence-electron chi connectivity index (χ4n) is 1.74. The summed E-state index contributed by atoms with van der Waals surface area (Å²) in [6, 6.07) is 7.55. The van der Waals surface area contributed by atoms with Crippen LogP contribution in [0.15, 0.2) is 24.3 Å². The highest BCUT2D eigenvalue weighted by Crippen LogP contribution is 2.20. The van der Waals surface area contributed by atoms with Crippen molar-refractivity contribution in [2.75, 3.05) is 13.6 Å². The Morgan fingerprint density at radius 2 is 1.88 bits per heavy atom. The molecule has 0 saturated heterocycles. The van der Waals surface area contributed by atoms with Gasteiger partial charge in [0.1, 0.15) is 5.75 Å². The lowest BCUT2D eigenvalue weighted by molar-refractivity contribution is 0.139. The average Bonchev–Trinajstić information content (AvgIpc) is 2.31. The van der Waals surface area contributed by atoms with Gasteiger partial charge in [0.05, 0.1) is 18.2 Å². The number of likely N-dealkylation sites (N-methyl/N-ethyl adjacent to an activating group) is 1. The third-order valence-electron chi connectivity index (χ3n) is 2.55. The van der Waals surface area contributed by atoms with Crippen LogP contribution in [-0.4, -0.2) is 30.9 Å². The zero-order valence-electron chi connectivity index (χ0n) is 10.7. The first kappa shape index (κ1) is 14.0. The van der Waals surface area contributed by atoms with Gasteiger partial charge < -0.3 is 20.9 Å². The van der Waals surface area contributed by atoms with Crippen molar-refractivity contribution in [2.45, 2.75) is 32.1 Å². The molecule has 17 heavy (non-hydrogen) atoms. The Labute approximate surface area is 103 Å². The smallest absolute Gasteiger partial charge is 0.119 e. The van der Waals surface area contributed by atoms with Gasteiger partial charge in [0.25, 0.3) is 0 Å². The van der Waals surface area contributed by atoms with Gasteiger partial charge >= 0.3 is 0 Å². The van der Waals surface area contributed by atoms with Crippen molar-refractivity contribution in [2.24, 2.45) is 5.73 Å². The van der Waals surface area contributed by atoms with Crippen LogP contribution in [0.4, 0.5) is 0 Å². The largest absolute Gasteiger partial charge is 0.491 e. The van der Waals surface area contributed by atoms with E-state index >= 15 is 0 Å². The number of hydrogen-bond donors (Lipinski definition) is 3. The molecule has 0 spiro atoms. The molecule has 0 fully saturated rings. The maximum Gasteiger partial charge on any atom is 0.119 e. The molecule has 1 rings (SSSR count). The first-order chi connectivity index (χ1) is 8.08. The monoisotopic (exact) mass is 238 g/mol. The Balaban J connectivity index is 2.77. The quantitative estimate of drug-likeness (QED) is 0.693. The lowest BCUT2D eigenvalue weighted by Crippen LogP contribution is -2.34. The molecule has 0 aliphatic rings. The van der Waals surface area contributed by atoms with Crippen LogP contribution in [0.1, 0.15) is 25.5 Å². The van der Waals surface area contributed by atoms with E-state index < -0.39 is 6.10 Å². The molecule has 2 atom stereocenters. The van der Waals surface area contributed by atoms with E-state index in [0.29, 0.717) is 0 Å². The Morgan fingerprint density at radius 3 is 2.29 bits per heavy atom. The number of hydrogen-bond acceptors (Lipinski definition) is 4. The fraction of sp³-hybridized carbons (Fsp3) is 0.538. The van der Waals surface area contributed by atoms with E-state index in [9.17, 15) is 5.11 Å². The first-order valence-electron chi connectivity index (χ1n) is 5.90. The molecule has 0 aliphatic carbocycles. The van der Waals surface area contributed by atoms with Gasteiger partial charge in [0.2, 0.25) is 0 Å². The second-order valence-corrected chi connectivity index (χ2v) is 4.31. The summed E-state index contributed by atoms with van der Waals surface area (Å²) in [7, 11) is 1.81. The van der Waals surface area contributed by atoms with E-state index in [1.165, 1.54) is 0 Å². The van der Waals surface area contributed by atoms with E-state index in [4.69, 9.17) is 10.5 Å². The Hall–Kier alpha value is -1.10. The van der Waals surface area contributed by atoms with E-state index in [1.807, 2.05) is 45.2 Å². The van der Waals surface area contributed by atoms with Crippen molar-refractivity contribution in [1.29, 1.82) is 0 Å². The van der Waals surface area contributed by atoms with E-state index in [1.54, 1.807) is 0 Å². The van der Waals surface area contributed by atoms with Crippen molar-refractivity contribution in [1.82, 2.24) is 5.32 Å². The third-order valence-corrected chi connectivity index (χ3v) is 2.55. The summed E-state index contributed by atoms with van der Waals surface area (Å²) < 4.78 is 5.56. The summed E-state index contributed by atoms with van der Waals surface area (Å²) in [6.45, 7) is 4.21. The molecule has 4 heteroatoms. The van der Waals surface area contributed by atoms with Crippen molar-refractivity contribution >= 4 is 0 Å². The molecule has 0 bridgehead atoms. The van der Waals surface area contributed by atoms with Crippen LogP contribution < -0.4 is 15.8 Å². The maximum absolute atomic E-state index is 9.77. The van der Waals surface area contributed by atoms with E-state index in [-0.39, 0.29) is 18.7 Å². The minimum atomic E-state index is -0.586. The second kappa shape index (κ2) is 6.59. The minimum absolute atomic E-state index is 0.145. The molecule has 2 unspecified atom stereocenters. The summed E-state index contributed by atoms with van der Waals surface area (Å²) in [4.78, 5) is 0. The third kappa shape index (κ3) is 4.00. The number of rotatable bonds is 6. The van der Waals surface area contributed by atoms with Gasteiger partial charge in [-0.25, -0.2) is 0 Å². The molecule has 0 aromatic heterocycles. The molecule has 0 saturated carbocycles. The summed E-state index contributed by atoms with van der Waals surface area (Å²) in [5.74, 6) is 0.834. The first-order valence-corrected chi connectivity index (χ1v) is 5.90. The maximum atomic E-state index is 9.77. The predicted molar refractivity (Wildman–Crippen MR) is 69.1 cm³/mol. The van der Waals surface area contributed by atoms with Crippen LogP contribution in [-0.2, 0) is 0 Å². The van der Waals surface area contributed by atoms with Crippen molar-refractivity contribution < 1.29 is 9.84 Å². The second-order valence-electron chi connectivity index (χ2n) is 4.31. The Bertz CT molecular complexity index is 325. The Kier molecular flexibility index (Phi) is 5.41. The van der Waals surface area contributed by atoms with Gasteiger partial charge in [-0.2, -0.15) is 0 Å². The zero-order valence-corrected chi connectivity index (χ0v) is 10.7. The highest BCUT2D eigenvalue weighted by atomic mass is 16.5. The highest BCUT2D eigenvalue weighted by molar-refractivity contribution is 5.30. The van der Waals surface area contributed by atoms with Gasteiger partial charge in [0, 0.05) is 6.54 Å². The summed E-state index contributed by atoms with van der Waals surface area (Å²) in [6.07, 6.45) is -0.424. The number of aliphatic hydroxyl groups excluding tert-OH is 1. The Morgan fingerprint density at radius 1 is 1.29 bits per heavy atom. The predicted octanol–water partition coefficient (Wildman–Crippen LogP) is 1.05. The fourth-order valence-corrected chi connectivity index (χ4v) is 1.74. The summed E-state index contributed by atoms with van der Waals surface area (Å²) in [5, 5.41) is 12.8. The summed E-state index contributed by atoms with van der Waals surface area (Å²) >= 11 is 0. The van der Waals surface area contributed by atoms with Gasteiger partial charge in [-0.3, -0.25) is 0 Å². The molecular weight excluding hydrogens is 216 g/mol. The lowest BCUT2D eigenvalue weighted by Gasteiger charge is -2.22. The SMILES string of the molecule is CNC(c1ccc(OC(C)C)cc1)C(O)CN. The molecule has 4 N–H and O–H groups in total. The van der Waals surface area contributed by atoms with Gasteiger partial charge in [-0.05, 0) is 38.6 Å². The van der Waals surface area contributed by atoms with Crippen LogP contribution in [0.5, 0.6) is 5.75 Å². The van der Waals surface area contributed by atoms with Crippen LogP contribution in [0.25, 0.3) is 0 Å². The molecular formula is C13H22N2O2. The van der Waals surface area contributed by atoms with Gasteiger partial charge in [-0.1, -0.05) is 12.1 Å². The van der Waals surface area contributed by atoms with Crippen LogP contribution >= 0.6 is 0 Å². The molecule has 0 aliphatic heterocycles. The molecule has 1 aromatic carbocycles. The number of ether oxygens (including phenoxy) is 1. The van der Waals surface area contributed by atoms with Crippen molar-refractivity contribution in [3.63, 3.8) is 0 Å². The van der Waals surface area contributed by atoms with Gasteiger partial charge in [-0.15, -0.1) is 0 Å². The highest BCUT2D eigenvalue weighted by Gasteiger charge is 2.17. The molecule has 0 heterocycles. The van der Waals surface area contributed by atoms with E-state index in [0.717, 1.165) is 11.3 Å². The molecule has 0 radical (unpaired) electrons. The van der Waals surface area contributed by atoms with E-state index in [2.05, 4.69) is 5.32 Å². The number of nitrogens with one attached hydrogen (secondary N) is 1. The molecule has 1 aromatic rings.